The molecule has 2 aromatic rings. The lowest BCUT2D eigenvalue weighted by atomic mass is 10.1. The summed E-state index contributed by atoms with van der Waals surface area (Å²) in [6.45, 7) is 8.21. The van der Waals surface area contributed by atoms with Gasteiger partial charge in [-0.1, -0.05) is 30.3 Å². The Bertz CT molecular complexity index is 581. The summed E-state index contributed by atoms with van der Waals surface area (Å²) in [4.78, 5) is 0. The predicted octanol–water partition coefficient (Wildman–Crippen LogP) is 4.62. The van der Waals surface area contributed by atoms with Crippen molar-refractivity contribution in [2.45, 2.75) is 40.0 Å². The number of nitrogens with one attached hydrogen (secondary N) is 1. The summed E-state index contributed by atoms with van der Waals surface area (Å²) >= 11 is 0. The summed E-state index contributed by atoms with van der Waals surface area (Å²) in [7, 11) is 0. The van der Waals surface area contributed by atoms with Crippen molar-refractivity contribution < 1.29 is 9.47 Å². The maximum atomic E-state index is 5.74. The van der Waals surface area contributed by atoms with Crippen LogP contribution in [0.1, 0.15) is 31.9 Å². The molecule has 118 valence electrons. The topological polar surface area (TPSA) is 30.5 Å². The summed E-state index contributed by atoms with van der Waals surface area (Å²) in [5, 5.41) is 3.48. The summed E-state index contributed by atoms with van der Waals surface area (Å²) in [6, 6.07) is 16.5. The van der Waals surface area contributed by atoms with E-state index < -0.39 is 0 Å². The fourth-order valence-electron chi connectivity index (χ4n) is 2.23. The third kappa shape index (κ3) is 5.08. The summed E-state index contributed by atoms with van der Waals surface area (Å²) in [6.07, 6.45) is 0.190. The Kier molecular flexibility index (Phi) is 6.28. The first kappa shape index (κ1) is 16.4. The van der Waals surface area contributed by atoms with Gasteiger partial charge in [-0.15, -0.1) is 0 Å². The number of hydrogen-bond donors (Lipinski definition) is 1. The van der Waals surface area contributed by atoms with E-state index >= 15 is 0 Å². The third-order valence-corrected chi connectivity index (χ3v) is 3.23. The lowest BCUT2D eigenvalue weighted by Gasteiger charge is -2.14. The van der Waals surface area contributed by atoms with E-state index in [2.05, 4.69) is 29.6 Å². The van der Waals surface area contributed by atoms with Gasteiger partial charge in [0.15, 0.2) is 0 Å². The van der Waals surface area contributed by atoms with Crippen LogP contribution < -0.4 is 10.1 Å². The highest BCUT2D eigenvalue weighted by atomic mass is 16.5. The molecule has 0 saturated heterocycles. The van der Waals surface area contributed by atoms with Crippen molar-refractivity contribution in [2.75, 3.05) is 11.9 Å². The van der Waals surface area contributed by atoms with E-state index in [1.807, 2.05) is 45.0 Å². The maximum absolute atomic E-state index is 5.74. The van der Waals surface area contributed by atoms with Gasteiger partial charge in [-0.25, -0.2) is 0 Å². The minimum Gasteiger partial charge on any atom is -0.491 e. The first-order valence-electron chi connectivity index (χ1n) is 7.84. The molecule has 0 amide bonds. The lowest BCUT2D eigenvalue weighted by Crippen LogP contribution is -2.07. The normalized spacial score (nSPS) is 10.7. The van der Waals surface area contributed by atoms with Crippen LogP contribution in [0.3, 0.4) is 0 Å². The second-order valence-electron chi connectivity index (χ2n) is 5.46. The highest BCUT2D eigenvalue weighted by Gasteiger charge is 2.03. The van der Waals surface area contributed by atoms with E-state index in [4.69, 9.17) is 9.47 Å². The largest absolute Gasteiger partial charge is 0.491 e. The molecule has 0 radical (unpaired) electrons. The molecule has 0 fully saturated rings. The Morgan fingerprint density at radius 3 is 2.64 bits per heavy atom. The highest BCUT2D eigenvalue weighted by molar-refractivity contribution is 5.51. The molecule has 0 bridgehead atoms. The van der Waals surface area contributed by atoms with Gasteiger partial charge in [0.05, 0.1) is 12.7 Å². The zero-order valence-electron chi connectivity index (χ0n) is 13.6. The second kappa shape index (κ2) is 8.44. The van der Waals surface area contributed by atoms with Gasteiger partial charge < -0.3 is 14.8 Å². The van der Waals surface area contributed by atoms with Gasteiger partial charge in [0.2, 0.25) is 0 Å². The third-order valence-electron chi connectivity index (χ3n) is 3.23. The number of benzene rings is 2. The van der Waals surface area contributed by atoms with Crippen LogP contribution in [0.2, 0.25) is 0 Å². The monoisotopic (exact) mass is 299 g/mol. The van der Waals surface area contributed by atoms with Crippen LogP contribution >= 0.6 is 0 Å². The van der Waals surface area contributed by atoms with E-state index in [0.717, 1.165) is 24.6 Å². The van der Waals surface area contributed by atoms with Gasteiger partial charge in [0.25, 0.3) is 0 Å². The van der Waals surface area contributed by atoms with Crippen molar-refractivity contribution in [3.63, 3.8) is 0 Å². The average molecular weight is 299 g/mol. The molecular weight excluding hydrogens is 274 g/mol. The van der Waals surface area contributed by atoms with Crippen molar-refractivity contribution in [1.29, 1.82) is 0 Å². The van der Waals surface area contributed by atoms with Gasteiger partial charge in [-0.3, -0.25) is 0 Å². The van der Waals surface area contributed by atoms with Gasteiger partial charge in [0.1, 0.15) is 5.75 Å². The number of para-hydroxylation sites is 1. The Morgan fingerprint density at radius 2 is 1.86 bits per heavy atom. The van der Waals surface area contributed by atoms with Crippen LogP contribution in [-0.4, -0.2) is 12.7 Å². The highest BCUT2D eigenvalue weighted by Crippen LogP contribution is 2.19. The fraction of sp³-hybridized carbons (Fsp3) is 0.368. The van der Waals surface area contributed by atoms with E-state index in [-0.39, 0.29) is 6.10 Å². The van der Waals surface area contributed by atoms with Crippen LogP contribution in [-0.2, 0) is 17.9 Å². The molecule has 1 N–H and O–H groups in total. The van der Waals surface area contributed by atoms with E-state index in [1.165, 1.54) is 11.1 Å². The first-order valence-corrected chi connectivity index (χ1v) is 7.84. The fourth-order valence-corrected chi connectivity index (χ4v) is 2.23. The molecule has 0 aliphatic rings. The quantitative estimate of drug-likeness (QED) is 0.771. The standard InChI is InChI=1S/C19H25NO2/c1-4-21-14-17-9-5-6-11-19(17)20-13-16-8-7-10-18(12-16)22-15(2)3/h5-12,15,20H,4,13-14H2,1-3H3. The van der Waals surface area contributed by atoms with Crippen LogP contribution in [0.5, 0.6) is 5.75 Å². The predicted molar refractivity (Wildman–Crippen MR) is 91.3 cm³/mol. The Hall–Kier alpha value is -2.00. The van der Waals surface area contributed by atoms with Crippen molar-refractivity contribution in [1.82, 2.24) is 0 Å². The molecule has 22 heavy (non-hydrogen) atoms. The summed E-state index contributed by atoms with van der Waals surface area (Å²) in [5.74, 6) is 0.914. The van der Waals surface area contributed by atoms with E-state index in [1.54, 1.807) is 0 Å². The Balaban J connectivity index is 2.01. The molecule has 0 aromatic heterocycles. The molecule has 0 heterocycles. The Morgan fingerprint density at radius 1 is 1.05 bits per heavy atom. The van der Waals surface area contributed by atoms with Crippen molar-refractivity contribution in [3.8, 4) is 5.75 Å². The molecule has 0 aliphatic heterocycles. The van der Waals surface area contributed by atoms with Crippen LogP contribution in [0, 0.1) is 0 Å². The number of anilines is 1. The zero-order valence-corrected chi connectivity index (χ0v) is 13.6. The molecule has 0 spiro atoms. The molecule has 3 heteroatoms. The average Bonchev–Trinajstić information content (AvgIpc) is 2.51. The Labute approximate surface area is 133 Å². The summed E-state index contributed by atoms with van der Waals surface area (Å²) in [5.41, 5.74) is 3.49. The van der Waals surface area contributed by atoms with Crippen molar-refractivity contribution in [3.05, 3.63) is 59.7 Å². The summed E-state index contributed by atoms with van der Waals surface area (Å²) < 4.78 is 11.3. The van der Waals surface area contributed by atoms with Crippen molar-refractivity contribution in [2.24, 2.45) is 0 Å². The van der Waals surface area contributed by atoms with Crippen LogP contribution in [0.4, 0.5) is 5.69 Å². The molecule has 0 aliphatic carbocycles. The van der Waals surface area contributed by atoms with Crippen LogP contribution in [0.15, 0.2) is 48.5 Å². The van der Waals surface area contributed by atoms with Gasteiger partial charge >= 0.3 is 0 Å². The molecule has 2 aromatic carbocycles. The SMILES string of the molecule is CCOCc1ccccc1NCc1cccc(OC(C)C)c1. The van der Waals surface area contributed by atoms with Crippen molar-refractivity contribution >= 4 is 5.69 Å². The molecule has 2 rings (SSSR count). The van der Waals surface area contributed by atoms with Gasteiger partial charge in [-0.2, -0.15) is 0 Å². The minimum atomic E-state index is 0.190. The maximum Gasteiger partial charge on any atom is 0.120 e. The minimum absolute atomic E-state index is 0.190. The number of ether oxygens (including phenoxy) is 2. The molecule has 0 saturated carbocycles. The zero-order chi connectivity index (χ0) is 15.8. The lowest BCUT2D eigenvalue weighted by molar-refractivity contribution is 0.134. The molecular formula is C19H25NO2. The number of rotatable bonds is 8. The van der Waals surface area contributed by atoms with Gasteiger partial charge in [0, 0.05) is 24.4 Å². The van der Waals surface area contributed by atoms with Gasteiger partial charge in [-0.05, 0) is 44.5 Å². The molecule has 0 atom stereocenters. The first-order chi connectivity index (χ1) is 10.7. The molecule has 0 unspecified atom stereocenters. The number of hydrogen-bond acceptors (Lipinski definition) is 3. The molecule has 3 nitrogen and oxygen atoms in total. The second-order valence-corrected chi connectivity index (χ2v) is 5.46. The van der Waals surface area contributed by atoms with Crippen LogP contribution in [0.25, 0.3) is 0 Å². The van der Waals surface area contributed by atoms with E-state index in [9.17, 15) is 0 Å². The van der Waals surface area contributed by atoms with E-state index in [0.29, 0.717) is 6.61 Å². The smallest absolute Gasteiger partial charge is 0.120 e.